The van der Waals surface area contributed by atoms with Crippen molar-refractivity contribution in [2.75, 3.05) is 0 Å². The molecule has 3 aliphatic rings. The van der Waals surface area contributed by atoms with Crippen LogP contribution in [0.25, 0.3) is 0 Å². The Balaban J connectivity index is 1.95. The number of hydrogen-bond donors (Lipinski definition) is 2. The number of allylic oxidation sites excluding steroid dienone is 2. The van der Waals surface area contributed by atoms with Gasteiger partial charge >= 0.3 is 0 Å². The van der Waals surface area contributed by atoms with Crippen molar-refractivity contribution < 1.29 is 19.0 Å². The van der Waals surface area contributed by atoms with Crippen LogP contribution in [0.3, 0.4) is 0 Å². The molecule has 7 unspecified atom stereocenters. The molecule has 2 N–H and O–H groups in total. The molecule has 0 radical (unpaired) electrons. The van der Waals surface area contributed by atoms with Gasteiger partial charge in [0.05, 0.1) is 6.10 Å². The lowest BCUT2D eigenvalue weighted by molar-refractivity contribution is -0.204. The van der Waals surface area contributed by atoms with E-state index in [4.69, 9.17) is 0 Å². The first-order valence-corrected chi connectivity index (χ1v) is 6.92. The predicted molar refractivity (Wildman–Crippen MR) is 67.6 cm³/mol. The molecule has 0 aliphatic heterocycles. The van der Waals surface area contributed by atoms with Crippen molar-refractivity contribution in [2.45, 2.75) is 37.4 Å². The average molecular weight is 270 g/mol. The van der Waals surface area contributed by atoms with Crippen molar-refractivity contribution in [2.24, 2.45) is 29.6 Å². The summed E-state index contributed by atoms with van der Waals surface area (Å²) < 4.78 is 26.5. The Hall–Kier alpha value is -0.740. The lowest BCUT2D eigenvalue weighted by atomic mass is 9.68. The van der Waals surface area contributed by atoms with Gasteiger partial charge in [0.2, 0.25) is 0 Å². The van der Waals surface area contributed by atoms with Crippen LogP contribution >= 0.6 is 0 Å². The first-order valence-electron chi connectivity index (χ1n) is 6.92. The van der Waals surface area contributed by atoms with Crippen molar-refractivity contribution in [1.29, 1.82) is 0 Å². The topological polar surface area (TPSA) is 40.5 Å². The van der Waals surface area contributed by atoms with Crippen LogP contribution in [-0.2, 0) is 0 Å². The van der Waals surface area contributed by atoms with E-state index in [0.717, 1.165) is 18.4 Å². The SMILES string of the molecule is C=CC(=C)C1CCC2C3CC(C12)C(O)(C(F)F)C3O. The minimum absolute atomic E-state index is 0.0258. The Morgan fingerprint density at radius 3 is 2.58 bits per heavy atom. The lowest BCUT2D eigenvalue weighted by Gasteiger charge is -2.43. The molecule has 19 heavy (non-hydrogen) atoms. The molecule has 2 bridgehead atoms. The van der Waals surface area contributed by atoms with Crippen molar-refractivity contribution >= 4 is 0 Å². The van der Waals surface area contributed by atoms with Gasteiger partial charge in [-0.25, -0.2) is 8.78 Å². The third kappa shape index (κ3) is 1.47. The van der Waals surface area contributed by atoms with Crippen LogP contribution in [0.15, 0.2) is 24.8 Å². The Labute approximate surface area is 111 Å². The second-order valence-electron chi connectivity index (χ2n) is 6.34. The standard InChI is InChI=1S/C15H20F2O2/c1-3-7(2)8-4-5-9-10-6-11(12(8)9)15(19,13(10)18)14(16)17/h3,8-14,18-19H,1-2,4-6H2. The fourth-order valence-corrected chi connectivity index (χ4v) is 5.06. The van der Waals surface area contributed by atoms with Crippen LogP contribution in [0.1, 0.15) is 19.3 Å². The third-order valence-electron chi connectivity index (χ3n) is 5.87. The minimum atomic E-state index is -2.89. The summed E-state index contributed by atoms with van der Waals surface area (Å²) in [6.07, 6.45) is -0.139. The smallest absolute Gasteiger partial charge is 0.269 e. The first-order chi connectivity index (χ1) is 8.92. The van der Waals surface area contributed by atoms with E-state index < -0.39 is 24.0 Å². The van der Waals surface area contributed by atoms with E-state index in [1.165, 1.54) is 0 Å². The van der Waals surface area contributed by atoms with E-state index in [2.05, 4.69) is 13.2 Å². The van der Waals surface area contributed by atoms with E-state index in [-0.39, 0.29) is 23.7 Å². The third-order valence-corrected chi connectivity index (χ3v) is 5.87. The van der Waals surface area contributed by atoms with Crippen molar-refractivity contribution in [3.63, 3.8) is 0 Å². The Morgan fingerprint density at radius 1 is 1.32 bits per heavy atom. The predicted octanol–water partition coefficient (Wildman–Crippen LogP) is 2.38. The largest absolute Gasteiger partial charge is 0.390 e. The Morgan fingerprint density at radius 2 is 2.00 bits per heavy atom. The van der Waals surface area contributed by atoms with Gasteiger partial charge in [0.1, 0.15) is 0 Å². The summed E-state index contributed by atoms with van der Waals surface area (Å²) in [5.74, 6) is -0.285. The number of alkyl halides is 2. The number of hydrogen-bond acceptors (Lipinski definition) is 2. The van der Waals surface area contributed by atoms with Crippen molar-refractivity contribution in [1.82, 2.24) is 0 Å². The van der Waals surface area contributed by atoms with E-state index in [9.17, 15) is 19.0 Å². The molecule has 3 saturated carbocycles. The monoisotopic (exact) mass is 270 g/mol. The van der Waals surface area contributed by atoms with Gasteiger partial charge in [0, 0.05) is 0 Å². The number of aliphatic hydroxyl groups is 2. The maximum Gasteiger partial charge on any atom is 0.269 e. The van der Waals surface area contributed by atoms with Crippen molar-refractivity contribution in [3.8, 4) is 0 Å². The summed E-state index contributed by atoms with van der Waals surface area (Å²) in [5, 5.41) is 20.4. The summed E-state index contributed by atoms with van der Waals surface area (Å²) in [6.45, 7) is 7.67. The van der Waals surface area contributed by atoms with Gasteiger partial charge in [-0.15, -0.1) is 0 Å². The van der Waals surface area contributed by atoms with Crippen LogP contribution in [0.2, 0.25) is 0 Å². The second-order valence-corrected chi connectivity index (χ2v) is 6.34. The van der Waals surface area contributed by atoms with Gasteiger partial charge in [-0.1, -0.05) is 24.8 Å². The van der Waals surface area contributed by atoms with Gasteiger partial charge in [-0.3, -0.25) is 0 Å². The molecule has 0 spiro atoms. The molecule has 0 aromatic heterocycles. The summed E-state index contributed by atoms with van der Waals surface area (Å²) in [7, 11) is 0. The van der Waals surface area contributed by atoms with Crippen LogP contribution in [0.4, 0.5) is 8.78 Å². The average Bonchev–Trinajstić information content (AvgIpc) is 3.00. The quantitative estimate of drug-likeness (QED) is 0.773. The van der Waals surface area contributed by atoms with Gasteiger partial charge in [0.25, 0.3) is 6.43 Å². The highest BCUT2D eigenvalue weighted by molar-refractivity contribution is 5.25. The zero-order valence-electron chi connectivity index (χ0n) is 10.8. The minimum Gasteiger partial charge on any atom is -0.390 e. The number of fused-ring (bicyclic) bond motifs is 5. The fraction of sp³-hybridized carbons (Fsp3) is 0.733. The molecule has 3 rings (SSSR count). The number of halogens is 2. The van der Waals surface area contributed by atoms with E-state index >= 15 is 0 Å². The molecule has 0 saturated heterocycles. The molecule has 0 aromatic rings. The summed E-state index contributed by atoms with van der Waals surface area (Å²) in [4.78, 5) is 0. The maximum absolute atomic E-state index is 13.2. The number of rotatable bonds is 3. The highest BCUT2D eigenvalue weighted by atomic mass is 19.3. The van der Waals surface area contributed by atoms with E-state index in [1.807, 2.05) is 0 Å². The Bertz CT molecular complexity index is 422. The molecule has 106 valence electrons. The van der Waals surface area contributed by atoms with E-state index in [0.29, 0.717) is 6.42 Å². The van der Waals surface area contributed by atoms with Crippen molar-refractivity contribution in [3.05, 3.63) is 24.8 Å². The van der Waals surface area contributed by atoms with Crippen LogP contribution < -0.4 is 0 Å². The lowest BCUT2D eigenvalue weighted by Crippen LogP contribution is -2.57. The van der Waals surface area contributed by atoms with Gasteiger partial charge < -0.3 is 10.2 Å². The summed E-state index contributed by atoms with van der Waals surface area (Å²) in [6, 6.07) is 0. The molecular formula is C15H20F2O2. The van der Waals surface area contributed by atoms with Gasteiger partial charge in [0.15, 0.2) is 5.60 Å². The second kappa shape index (κ2) is 4.13. The molecule has 0 heterocycles. The first kappa shape index (κ1) is 13.3. The highest BCUT2D eigenvalue weighted by Crippen LogP contribution is 2.66. The summed E-state index contributed by atoms with van der Waals surface area (Å²) in [5.41, 5.74) is -1.35. The molecule has 2 nitrogen and oxygen atoms in total. The number of aliphatic hydroxyl groups excluding tert-OH is 1. The zero-order chi connectivity index (χ0) is 13.9. The van der Waals surface area contributed by atoms with E-state index in [1.54, 1.807) is 6.08 Å². The van der Waals surface area contributed by atoms with Crippen LogP contribution in [0.5, 0.6) is 0 Å². The molecule has 3 fully saturated rings. The fourth-order valence-electron chi connectivity index (χ4n) is 5.06. The summed E-state index contributed by atoms with van der Waals surface area (Å²) >= 11 is 0. The molecule has 0 amide bonds. The molecule has 4 heteroatoms. The molecular weight excluding hydrogens is 250 g/mol. The normalized spacial score (nSPS) is 51.6. The zero-order valence-corrected chi connectivity index (χ0v) is 10.8. The molecule has 7 atom stereocenters. The van der Waals surface area contributed by atoms with Gasteiger partial charge in [-0.2, -0.15) is 0 Å². The van der Waals surface area contributed by atoms with Gasteiger partial charge in [-0.05, 0) is 48.9 Å². The highest BCUT2D eigenvalue weighted by Gasteiger charge is 2.70. The molecule has 3 aliphatic carbocycles. The molecule has 0 aromatic carbocycles. The van der Waals surface area contributed by atoms with Crippen LogP contribution in [-0.4, -0.2) is 28.3 Å². The van der Waals surface area contributed by atoms with Crippen LogP contribution in [0, 0.1) is 29.6 Å². The Kier molecular flexibility index (Phi) is 2.88. The maximum atomic E-state index is 13.2.